The normalized spacial score (nSPS) is 14.7. The zero-order chi connectivity index (χ0) is 12.9. The first-order chi connectivity index (χ1) is 7.25. The van der Waals surface area contributed by atoms with Crippen molar-refractivity contribution in [1.82, 2.24) is 5.32 Å². The third kappa shape index (κ3) is 4.87. The zero-order valence-electron chi connectivity index (χ0n) is 8.68. The first-order valence-corrected chi connectivity index (χ1v) is 4.42. The van der Waals surface area contributed by atoms with Gasteiger partial charge in [0.2, 0.25) is 0 Å². The Balaban J connectivity index is 4.46. The van der Waals surface area contributed by atoms with Crippen LogP contribution in [0.1, 0.15) is 13.8 Å². The van der Waals surface area contributed by atoms with E-state index in [4.69, 9.17) is 10.2 Å². The lowest BCUT2D eigenvalue weighted by atomic mass is 10.2. The lowest BCUT2D eigenvalue weighted by molar-refractivity contribution is -0.150. The molecule has 3 N–H and O–H groups in total. The number of amides is 1. The number of carboxylic acid groups (broad SMARTS) is 1. The number of hydrogen-bond donors (Lipinski definition) is 3. The molecule has 0 aliphatic heterocycles. The van der Waals surface area contributed by atoms with E-state index in [9.17, 15) is 18.4 Å². The van der Waals surface area contributed by atoms with E-state index in [1.165, 1.54) is 13.8 Å². The van der Waals surface area contributed by atoms with Gasteiger partial charge in [-0.25, -0.2) is 18.4 Å². The topological polar surface area (TPSA) is 95.9 Å². The fourth-order valence-corrected chi connectivity index (χ4v) is 0.818. The lowest BCUT2D eigenvalue weighted by Gasteiger charge is -2.20. The summed E-state index contributed by atoms with van der Waals surface area (Å²) < 4.78 is 29.1. The summed E-state index contributed by atoms with van der Waals surface area (Å²) in [5.74, 6) is -1.85. The fraction of sp³-hybridized carbons (Fsp3) is 0.750. The van der Waals surface area contributed by atoms with Crippen molar-refractivity contribution >= 4 is 12.1 Å². The number of aliphatic hydroxyl groups excluding tert-OH is 1. The molecule has 0 fully saturated rings. The summed E-state index contributed by atoms with van der Waals surface area (Å²) in [6.45, 7) is 2.98. The zero-order valence-corrected chi connectivity index (χ0v) is 8.68. The number of halogens is 2. The second-order valence-corrected chi connectivity index (χ2v) is 3.24. The van der Waals surface area contributed by atoms with E-state index in [0.29, 0.717) is 0 Å². The van der Waals surface area contributed by atoms with Gasteiger partial charge < -0.3 is 20.3 Å². The minimum Gasteiger partial charge on any atom is -0.479 e. The Morgan fingerprint density at radius 3 is 2.12 bits per heavy atom. The third-order valence-electron chi connectivity index (χ3n) is 1.49. The smallest absolute Gasteiger partial charge is 0.407 e. The van der Waals surface area contributed by atoms with Gasteiger partial charge in [0.15, 0.2) is 6.10 Å². The molecule has 0 aliphatic carbocycles. The number of alkyl carbamates (subject to hydrolysis) is 1. The van der Waals surface area contributed by atoms with Gasteiger partial charge in [-0.3, -0.25) is 0 Å². The largest absolute Gasteiger partial charge is 0.479 e. The Hall–Kier alpha value is -1.44. The lowest BCUT2D eigenvalue weighted by Crippen LogP contribution is -2.51. The fourth-order valence-electron chi connectivity index (χ4n) is 0.818. The maximum absolute atomic E-state index is 12.3. The second kappa shape index (κ2) is 6.21. The van der Waals surface area contributed by atoms with Crippen molar-refractivity contribution in [2.45, 2.75) is 38.5 Å². The minimum atomic E-state index is -3.22. The van der Waals surface area contributed by atoms with E-state index in [1.807, 2.05) is 0 Å². The maximum atomic E-state index is 12.3. The van der Waals surface area contributed by atoms with Crippen LogP contribution in [-0.2, 0) is 9.53 Å². The monoisotopic (exact) mass is 241 g/mol. The number of nitrogens with one attached hydrogen (secondary N) is 1. The molecule has 0 heterocycles. The molecule has 0 aromatic carbocycles. The van der Waals surface area contributed by atoms with Crippen molar-refractivity contribution < 1.29 is 33.3 Å². The molecule has 0 aromatic heterocycles. The first-order valence-electron chi connectivity index (χ1n) is 4.42. The highest BCUT2D eigenvalue weighted by Crippen LogP contribution is 2.07. The molecule has 0 aromatic rings. The van der Waals surface area contributed by atoms with Gasteiger partial charge in [0.05, 0.1) is 6.10 Å². The van der Waals surface area contributed by atoms with Crippen LogP contribution in [0.3, 0.4) is 0 Å². The van der Waals surface area contributed by atoms with E-state index < -0.39 is 36.7 Å². The van der Waals surface area contributed by atoms with E-state index >= 15 is 0 Å². The molecule has 0 aliphatic rings. The molecule has 0 unspecified atom stereocenters. The summed E-state index contributed by atoms with van der Waals surface area (Å²) in [7, 11) is 0. The predicted octanol–water partition coefficient (Wildman–Crippen LogP) is 0.200. The molecule has 0 spiro atoms. The number of aliphatic hydroxyl groups is 1. The van der Waals surface area contributed by atoms with Gasteiger partial charge >= 0.3 is 12.1 Å². The van der Waals surface area contributed by atoms with Crippen molar-refractivity contribution in [2.24, 2.45) is 0 Å². The number of carbonyl (C=O) groups is 2. The van der Waals surface area contributed by atoms with Gasteiger partial charge in [-0.05, 0) is 13.8 Å². The Morgan fingerprint density at radius 2 is 1.81 bits per heavy atom. The van der Waals surface area contributed by atoms with Crippen molar-refractivity contribution in [3.8, 4) is 0 Å². The van der Waals surface area contributed by atoms with Crippen LogP contribution in [0.25, 0.3) is 0 Å². The van der Waals surface area contributed by atoms with Crippen LogP contribution in [-0.4, -0.2) is 47.0 Å². The molecular weight excluding hydrogens is 228 g/mol. The van der Waals surface area contributed by atoms with E-state index in [1.54, 1.807) is 5.32 Å². The Kier molecular flexibility index (Phi) is 5.65. The van der Waals surface area contributed by atoms with Gasteiger partial charge in [0.1, 0.15) is 6.04 Å². The van der Waals surface area contributed by atoms with Crippen LogP contribution in [0.2, 0.25) is 0 Å². The van der Waals surface area contributed by atoms with Crippen LogP contribution < -0.4 is 5.32 Å². The minimum absolute atomic E-state index is 0.541. The standard InChI is InChI=1S/C8H13F2NO5/c1-3(2)16-8(15)11-4(6(9)10)5(12)7(13)14/h3-6,12H,1-2H3,(H,11,15)(H,13,14)/t4-,5-/m1/s1. The SMILES string of the molecule is CC(C)OC(=O)N[C@@H](C(F)F)[C@@H](O)C(=O)O. The summed E-state index contributed by atoms with van der Waals surface area (Å²) in [4.78, 5) is 21.2. The van der Waals surface area contributed by atoms with Crippen molar-refractivity contribution in [2.75, 3.05) is 0 Å². The van der Waals surface area contributed by atoms with Crippen LogP contribution in [0.5, 0.6) is 0 Å². The number of alkyl halides is 2. The maximum Gasteiger partial charge on any atom is 0.407 e. The summed E-state index contributed by atoms with van der Waals surface area (Å²) in [5.41, 5.74) is 0. The first kappa shape index (κ1) is 14.6. The Bertz CT molecular complexity index is 259. The number of aliphatic carboxylic acids is 1. The molecule has 94 valence electrons. The Morgan fingerprint density at radius 1 is 1.31 bits per heavy atom. The molecule has 1 amide bonds. The Labute approximate surface area is 90.2 Å². The summed E-state index contributed by atoms with van der Waals surface area (Å²) >= 11 is 0. The highest BCUT2D eigenvalue weighted by atomic mass is 19.3. The van der Waals surface area contributed by atoms with Crippen molar-refractivity contribution in [3.05, 3.63) is 0 Å². The third-order valence-corrected chi connectivity index (χ3v) is 1.49. The number of carbonyl (C=O) groups excluding carboxylic acids is 1. The number of ether oxygens (including phenoxy) is 1. The summed E-state index contributed by atoms with van der Waals surface area (Å²) in [6, 6.07) is -2.20. The van der Waals surface area contributed by atoms with Gasteiger partial charge in [0, 0.05) is 0 Å². The van der Waals surface area contributed by atoms with Gasteiger partial charge in [-0.1, -0.05) is 0 Å². The second-order valence-electron chi connectivity index (χ2n) is 3.24. The highest BCUT2D eigenvalue weighted by Gasteiger charge is 2.35. The molecule has 6 nitrogen and oxygen atoms in total. The predicted molar refractivity (Wildman–Crippen MR) is 48.2 cm³/mol. The van der Waals surface area contributed by atoms with Gasteiger partial charge in [0.25, 0.3) is 6.43 Å². The van der Waals surface area contributed by atoms with Gasteiger partial charge in [-0.2, -0.15) is 0 Å². The van der Waals surface area contributed by atoms with E-state index in [0.717, 1.165) is 0 Å². The van der Waals surface area contributed by atoms with Crippen LogP contribution in [0.4, 0.5) is 13.6 Å². The molecule has 0 bridgehead atoms. The number of rotatable bonds is 5. The van der Waals surface area contributed by atoms with Crippen LogP contribution >= 0.6 is 0 Å². The van der Waals surface area contributed by atoms with E-state index in [-0.39, 0.29) is 0 Å². The summed E-state index contributed by atoms with van der Waals surface area (Å²) in [5, 5.41) is 18.8. The molecule has 2 atom stereocenters. The van der Waals surface area contributed by atoms with Gasteiger partial charge in [-0.15, -0.1) is 0 Å². The molecule has 0 saturated carbocycles. The average molecular weight is 241 g/mol. The molecule has 0 rings (SSSR count). The number of carboxylic acids is 1. The average Bonchev–Trinajstić information content (AvgIpc) is 2.11. The molecule has 0 saturated heterocycles. The molecule has 8 heteroatoms. The van der Waals surface area contributed by atoms with Crippen LogP contribution in [0.15, 0.2) is 0 Å². The molecular formula is C8H13F2NO5. The number of hydrogen-bond acceptors (Lipinski definition) is 4. The van der Waals surface area contributed by atoms with Crippen molar-refractivity contribution in [3.63, 3.8) is 0 Å². The highest BCUT2D eigenvalue weighted by molar-refractivity contribution is 5.75. The van der Waals surface area contributed by atoms with Crippen LogP contribution in [0, 0.1) is 0 Å². The van der Waals surface area contributed by atoms with E-state index in [2.05, 4.69) is 4.74 Å². The summed E-state index contributed by atoms with van der Waals surface area (Å²) in [6.07, 6.45) is -7.36. The molecule has 16 heavy (non-hydrogen) atoms. The van der Waals surface area contributed by atoms with Crippen molar-refractivity contribution in [1.29, 1.82) is 0 Å². The molecule has 0 radical (unpaired) electrons. The quantitative estimate of drug-likeness (QED) is 0.639.